The van der Waals surface area contributed by atoms with Crippen LogP contribution in [-0.2, 0) is 10.0 Å². The molecule has 0 atom stereocenters. The predicted molar refractivity (Wildman–Crippen MR) is 75.0 cm³/mol. The Morgan fingerprint density at radius 3 is 2.28 bits per heavy atom. The molecule has 102 valence electrons. The Labute approximate surface area is 109 Å². The van der Waals surface area contributed by atoms with E-state index in [-0.39, 0.29) is 10.9 Å². The maximum absolute atomic E-state index is 11.6. The molecule has 0 aliphatic carbocycles. The summed E-state index contributed by atoms with van der Waals surface area (Å²) in [6.07, 6.45) is 1.86. The van der Waals surface area contributed by atoms with E-state index in [2.05, 4.69) is 13.8 Å². The van der Waals surface area contributed by atoms with Crippen LogP contribution < -0.4 is 15.8 Å². The summed E-state index contributed by atoms with van der Waals surface area (Å²) >= 11 is 0. The molecule has 1 aromatic rings. The fraction of sp³-hybridized carbons (Fsp3) is 0.500. The number of nitrogen functional groups attached to an aromatic ring is 1. The van der Waals surface area contributed by atoms with E-state index in [1.54, 1.807) is 12.1 Å². The van der Waals surface area contributed by atoms with Gasteiger partial charge in [-0.05, 0) is 31.0 Å². The molecule has 0 bridgehead atoms. The number of nitrogens with zero attached hydrogens (tertiary/aromatic N) is 1. The van der Waals surface area contributed by atoms with Crippen molar-refractivity contribution in [1.29, 1.82) is 0 Å². The van der Waals surface area contributed by atoms with E-state index in [4.69, 9.17) is 10.9 Å². The van der Waals surface area contributed by atoms with E-state index < -0.39 is 10.0 Å². The lowest BCUT2D eigenvalue weighted by Crippen LogP contribution is -2.32. The molecule has 0 amide bonds. The van der Waals surface area contributed by atoms with Gasteiger partial charge in [0, 0.05) is 18.8 Å². The Morgan fingerprint density at radius 2 is 1.83 bits per heavy atom. The fourth-order valence-corrected chi connectivity index (χ4v) is 2.89. The average Bonchev–Trinajstić information content (AvgIpc) is 2.29. The van der Waals surface area contributed by atoms with Gasteiger partial charge in [0.25, 0.3) is 0 Å². The van der Waals surface area contributed by atoms with Gasteiger partial charge in [0.1, 0.15) is 4.90 Å². The first-order valence-corrected chi connectivity index (χ1v) is 7.51. The predicted octanol–water partition coefficient (Wildman–Crippen LogP) is 1.54. The summed E-state index contributed by atoms with van der Waals surface area (Å²) in [6, 6.07) is 5.06. The summed E-state index contributed by atoms with van der Waals surface area (Å²) in [7, 11) is -1.90. The summed E-state index contributed by atoms with van der Waals surface area (Å²) in [6.45, 7) is 4.14. The minimum atomic E-state index is -3.77. The van der Waals surface area contributed by atoms with Crippen LogP contribution in [0.1, 0.15) is 26.7 Å². The van der Waals surface area contributed by atoms with Gasteiger partial charge in [-0.3, -0.25) is 0 Å². The monoisotopic (exact) mass is 271 g/mol. The minimum Gasteiger partial charge on any atom is -0.399 e. The van der Waals surface area contributed by atoms with E-state index in [0.29, 0.717) is 11.4 Å². The lowest BCUT2D eigenvalue weighted by Gasteiger charge is -2.29. The summed E-state index contributed by atoms with van der Waals surface area (Å²) in [5, 5.41) is 5.24. The minimum absolute atomic E-state index is 0.0805. The van der Waals surface area contributed by atoms with Gasteiger partial charge in [0.2, 0.25) is 10.0 Å². The molecule has 0 spiro atoms. The molecular formula is C12H21N3O2S. The van der Waals surface area contributed by atoms with Gasteiger partial charge in [-0.25, -0.2) is 13.6 Å². The number of hydrogen-bond acceptors (Lipinski definition) is 4. The van der Waals surface area contributed by atoms with Gasteiger partial charge in [-0.1, -0.05) is 13.8 Å². The number of primary sulfonamides is 1. The molecule has 0 radical (unpaired) electrons. The quantitative estimate of drug-likeness (QED) is 0.795. The largest absolute Gasteiger partial charge is 0.399 e. The molecule has 0 heterocycles. The molecule has 0 aromatic heterocycles. The van der Waals surface area contributed by atoms with Crippen molar-refractivity contribution in [1.82, 2.24) is 0 Å². The highest BCUT2D eigenvalue weighted by Crippen LogP contribution is 2.28. The number of benzene rings is 1. The Kier molecular flexibility index (Phi) is 4.59. The molecule has 18 heavy (non-hydrogen) atoms. The Hall–Kier alpha value is -1.27. The van der Waals surface area contributed by atoms with Crippen LogP contribution in [0.15, 0.2) is 23.1 Å². The van der Waals surface area contributed by atoms with Crippen molar-refractivity contribution in [2.24, 2.45) is 5.14 Å². The summed E-state index contributed by atoms with van der Waals surface area (Å²) in [4.78, 5) is 2.02. The first-order valence-electron chi connectivity index (χ1n) is 5.96. The summed E-state index contributed by atoms with van der Waals surface area (Å²) in [5.74, 6) is 0. The SMILES string of the molecule is CCC(CC)N(C)c1ccc(N)cc1S(N)(=O)=O. The van der Waals surface area contributed by atoms with E-state index in [9.17, 15) is 8.42 Å². The molecule has 4 N–H and O–H groups in total. The van der Waals surface area contributed by atoms with E-state index in [0.717, 1.165) is 12.8 Å². The molecule has 0 saturated heterocycles. The fourth-order valence-electron chi connectivity index (χ4n) is 2.08. The molecule has 5 nitrogen and oxygen atoms in total. The zero-order valence-corrected chi connectivity index (χ0v) is 11.9. The molecule has 0 aliphatic rings. The van der Waals surface area contributed by atoms with E-state index in [1.165, 1.54) is 6.07 Å². The number of nitrogens with two attached hydrogens (primary N) is 2. The van der Waals surface area contributed by atoms with Crippen LogP contribution in [-0.4, -0.2) is 21.5 Å². The molecule has 6 heteroatoms. The smallest absolute Gasteiger partial charge is 0.240 e. The zero-order valence-electron chi connectivity index (χ0n) is 11.1. The lowest BCUT2D eigenvalue weighted by molar-refractivity contribution is 0.581. The van der Waals surface area contributed by atoms with Crippen molar-refractivity contribution in [3.8, 4) is 0 Å². The van der Waals surface area contributed by atoms with Crippen molar-refractivity contribution in [3.05, 3.63) is 18.2 Å². The van der Waals surface area contributed by atoms with E-state index in [1.807, 2.05) is 11.9 Å². The second-order valence-electron chi connectivity index (χ2n) is 4.35. The summed E-state index contributed by atoms with van der Waals surface area (Å²) < 4.78 is 23.2. The highest BCUT2D eigenvalue weighted by Gasteiger charge is 2.20. The third-order valence-corrected chi connectivity index (χ3v) is 4.10. The summed E-state index contributed by atoms with van der Waals surface area (Å²) in [5.41, 5.74) is 6.61. The average molecular weight is 271 g/mol. The molecule has 1 rings (SSSR count). The zero-order chi connectivity index (χ0) is 13.9. The van der Waals surface area contributed by atoms with Crippen LogP contribution in [0.4, 0.5) is 11.4 Å². The number of sulfonamides is 1. The topological polar surface area (TPSA) is 89.4 Å². The van der Waals surface area contributed by atoms with Gasteiger partial charge in [-0.15, -0.1) is 0 Å². The second-order valence-corrected chi connectivity index (χ2v) is 5.88. The van der Waals surface area contributed by atoms with Crippen molar-refractivity contribution < 1.29 is 8.42 Å². The Morgan fingerprint density at radius 1 is 1.28 bits per heavy atom. The van der Waals surface area contributed by atoms with Crippen LogP contribution in [0.25, 0.3) is 0 Å². The van der Waals surface area contributed by atoms with Crippen molar-refractivity contribution in [3.63, 3.8) is 0 Å². The van der Waals surface area contributed by atoms with Gasteiger partial charge in [0.15, 0.2) is 0 Å². The molecule has 0 fully saturated rings. The molecule has 0 saturated carbocycles. The first kappa shape index (κ1) is 14.8. The van der Waals surface area contributed by atoms with Crippen LogP contribution in [0.3, 0.4) is 0 Å². The second kappa shape index (κ2) is 5.58. The van der Waals surface area contributed by atoms with Gasteiger partial charge < -0.3 is 10.6 Å². The number of hydrogen-bond donors (Lipinski definition) is 2. The third kappa shape index (κ3) is 3.14. The van der Waals surface area contributed by atoms with Crippen molar-refractivity contribution >= 4 is 21.4 Å². The van der Waals surface area contributed by atoms with Crippen LogP contribution in [0.2, 0.25) is 0 Å². The van der Waals surface area contributed by atoms with Crippen LogP contribution in [0, 0.1) is 0 Å². The number of rotatable bonds is 5. The van der Waals surface area contributed by atoms with Crippen molar-refractivity contribution in [2.75, 3.05) is 17.7 Å². The van der Waals surface area contributed by atoms with E-state index >= 15 is 0 Å². The van der Waals surface area contributed by atoms with Crippen LogP contribution >= 0.6 is 0 Å². The van der Waals surface area contributed by atoms with Gasteiger partial charge >= 0.3 is 0 Å². The maximum Gasteiger partial charge on any atom is 0.240 e. The third-order valence-electron chi connectivity index (χ3n) is 3.16. The standard InChI is InChI=1S/C12H21N3O2S/c1-4-10(5-2)15(3)11-7-6-9(13)8-12(11)18(14,16)17/h6-8,10H,4-5,13H2,1-3H3,(H2,14,16,17). The van der Waals surface area contributed by atoms with Gasteiger partial charge in [-0.2, -0.15) is 0 Å². The normalized spacial score (nSPS) is 11.8. The molecule has 1 aromatic carbocycles. The Balaban J connectivity index is 3.32. The molecule has 0 aliphatic heterocycles. The van der Waals surface area contributed by atoms with Crippen molar-refractivity contribution in [2.45, 2.75) is 37.6 Å². The molecular weight excluding hydrogens is 250 g/mol. The molecule has 0 unspecified atom stereocenters. The lowest BCUT2D eigenvalue weighted by atomic mass is 10.1. The van der Waals surface area contributed by atoms with Crippen LogP contribution in [0.5, 0.6) is 0 Å². The Bertz CT molecular complexity index is 510. The highest BCUT2D eigenvalue weighted by molar-refractivity contribution is 7.89. The van der Waals surface area contributed by atoms with Gasteiger partial charge in [0.05, 0.1) is 5.69 Å². The number of anilines is 2. The highest BCUT2D eigenvalue weighted by atomic mass is 32.2. The maximum atomic E-state index is 11.6. The first-order chi connectivity index (χ1) is 8.31.